The molecule has 0 unspecified atom stereocenters. The summed E-state index contributed by atoms with van der Waals surface area (Å²) in [5.74, 6) is 2.92. The number of terminal acetylenes is 1. The minimum Gasteiger partial charge on any atom is -0.493 e. The second kappa shape index (κ2) is 14.9. The predicted molar refractivity (Wildman–Crippen MR) is 154 cm³/mol. The molecule has 0 bridgehead atoms. The smallest absolute Gasteiger partial charge is 0.262 e. The summed E-state index contributed by atoms with van der Waals surface area (Å²) in [7, 11) is 1.52. The van der Waals surface area contributed by atoms with Gasteiger partial charge in [0.05, 0.1) is 21.9 Å². The first-order valence-corrected chi connectivity index (χ1v) is 13.1. The summed E-state index contributed by atoms with van der Waals surface area (Å²) in [6, 6.07) is 7.38. The van der Waals surface area contributed by atoms with E-state index in [0.717, 1.165) is 3.57 Å². The predicted octanol–water partition coefficient (Wildman–Crippen LogP) is 5.07. The van der Waals surface area contributed by atoms with Crippen LogP contribution in [0.2, 0.25) is 10.0 Å². The lowest BCUT2D eigenvalue weighted by atomic mass is 10.0. The lowest BCUT2D eigenvalue weighted by Crippen LogP contribution is -2.49. The minimum absolute atomic E-state index is 0.106. The van der Waals surface area contributed by atoms with Gasteiger partial charge in [0.1, 0.15) is 18.4 Å². The largest absolute Gasteiger partial charge is 0.493 e. The highest BCUT2D eigenvalue weighted by atomic mass is 127. The lowest BCUT2D eigenvalue weighted by molar-refractivity contribution is -0.132. The first-order chi connectivity index (χ1) is 17.5. The number of nitrogens with zero attached hydrogens (tertiary/aromatic N) is 1. The van der Waals surface area contributed by atoms with Gasteiger partial charge >= 0.3 is 0 Å². The molecular weight excluding hydrogens is 632 g/mol. The van der Waals surface area contributed by atoms with Crippen LogP contribution in [0.15, 0.2) is 35.4 Å². The van der Waals surface area contributed by atoms with Crippen molar-refractivity contribution in [1.82, 2.24) is 10.7 Å². The van der Waals surface area contributed by atoms with Gasteiger partial charge in [-0.1, -0.05) is 43.0 Å². The van der Waals surface area contributed by atoms with Crippen LogP contribution in [0, 0.1) is 21.8 Å². The van der Waals surface area contributed by atoms with E-state index in [0.29, 0.717) is 34.3 Å². The van der Waals surface area contributed by atoms with Gasteiger partial charge in [0, 0.05) is 5.02 Å². The maximum Gasteiger partial charge on any atom is 0.262 e. The Bertz CT molecular complexity index is 1180. The van der Waals surface area contributed by atoms with Gasteiger partial charge in [-0.15, -0.1) is 6.42 Å². The monoisotopic (exact) mass is 659 g/mol. The average molecular weight is 660 g/mol. The van der Waals surface area contributed by atoms with Crippen LogP contribution in [-0.4, -0.2) is 43.9 Å². The molecular formula is C26H28Cl2IN3O5. The van der Waals surface area contributed by atoms with E-state index in [2.05, 4.69) is 44.4 Å². The highest BCUT2D eigenvalue weighted by Gasteiger charge is 2.25. The van der Waals surface area contributed by atoms with Crippen LogP contribution in [0.5, 0.6) is 17.2 Å². The number of ether oxygens (including phenoxy) is 3. The first kappa shape index (κ1) is 30.5. The number of hydrogen-bond acceptors (Lipinski definition) is 6. The molecule has 2 aromatic carbocycles. The van der Waals surface area contributed by atoms with Gasteiger partial charge in [0.15, 0.2) is 17.6 Å². The highest BCUT2D eigenvalue weighted by Crippen LogP contribution is 2.33. The molecule has 0 fully saturated rings. The Hall–Kier alpha value is -2.68. The highest BCUT2D eigenvalue weighted by molar-refractivity contribution is 14.1. The molecule has 0 aromatic heterocycles. The molecule has 0 heterocycles. The van der Waals surface area contributed by atoms with Crippen molar-refractivity contribution in [3.05, 3.63) is 49.5 Å². The van der Waals surface area contributed by atoms with Crippen LogP contribution in [0.4, 0.5) is 0 Å². The fourth-order valence-corrected chi connectivity index (χ4v) is 4.36. The third-order valence-corrected chi connectivity index (χ3v) is 6.18. The molecule has 0 saturated heterocycles. The molecule has 2 rings (SSSR count). The SMILES string of the molecule is C#CCOc1c(I)cc(/C=N\NC(=O)[C@@H](CC(C)C)NC(=O)[C@H](C)Oc2ccc(Cl)cc2Cl)cc1OC. The van der Waals surface area contributed by atoms with Gasteiger partial charge in [-0.2, -0.15) is 5.10 Å². The number of nitrogens with one attached hydrogen (secondary N) is 2. The molecule has 0 saturated carbocycles. The van der Waals surface area contributed by atoms with Gasteiger partial charge < -0.3 is 19.5 Å². The van der Waals surface area contributed by atoms with Gasteiger partial charge in [-0.05, 0) is 77.7 Å². The van der Waals surface area contributed by atoms with Crippen LogP contribution in [-0.2, 0) is 9.59 Å². The number of hydrazone groups is 1. The Morgan fingerprint density at radius 2 is 1.89 bits per heavy atom. The van der Waals surface area contributed by atoms with Crippen molar-refractivity contribution in [3.8, 4) is 29.6 Å². The Kier molecular flexibility index (Phi) is 12.3. The maximum atomic E-state index is 12.9. The molecule has 0 spiro atoms. The molecule has 2 aromatic rings. The number of amides is 2. The number of carbonyl (C=O) groups excluding carboxylic acids is 2. The Labute approximate surface area is 240 Å². The van der Waals surface area contributed by atoms with Gasteiger partial charge in [0.25, 0.3) is 11.8 Å². The summed E-state index contributed by atoms with van der Waals surface area (Å²) >= 11 is 14.1. The fraction of sp³-hybridized carbons (Fsp3) is 0.346. The average Bonchev–Trinajstić information content (AvgIpc) is 2.83. The molecule has 2 amide bonds. The number of rotatable bonds is 12. The zero-order valence-electron chi connectivity index (χ0n) is 20.8. The lowest BCUT2D eigenvalue weighted by Gasteiger charge is -2.22. The summed E-state index contributed by atoms with van der Waals surface area (Å²) in [5.41, 5.74) is 3.16. The molecule has 2 N–H and O–H groups in total. The van der Waals surface area contributed by atoms with Crippen LogP contribution >= 0.6 is 45.8 Å². The van der Waals surface area contributed by atoms with Crippen LogP contribution < -0.4 is 25.0 Å². The second-order valence-corrected chi connectivity index (χ2v) is 10.3. The Balaban J connectivity index is 2.07. The van der Waals surface area contributed by atoms with Crippen molar-refractivity contribution in [1.29, 1.82) is 0 Å². The quantitative estimate of drug-likeness (QED) is 0.144. The third kappa shape index (κ3) is 9.61. The molecule has 0 radical (unpaired) electrons. The van der Waals surface area contributed by atoms with Crippen LogP contribution in [0.3, 0.4) is 0 Å². The minimum atomic E-state index is -0.908. The fourth-order valence-electron chi connectivity index (χ4n) is 3.12. The van der Waals surface area contributed by atoms with E-state index in [1.54, 1.807) is 31.2 Å². The number of hydrogen-bond donors (Lipinski definition) is 2. The van der Waals surface area contributed by atoms with Gasteiger partial charge in [-0.25, -0.2) is 5.43 Å². The molecule has 2 atom stereocenters. The summed E-state index contributed by atoms with van der Waals surface area (Å²) in [6.07, 6.45) is 6.22. The zero-order valence-corrected chi connectivity index (χ0v) is 24.5. The summed E-state index contributed by atoms with van der Waals surface area (Å²) in [6.45, 7) is 5.56. The number of methoxy groups -OCH3 is 1. The van der Waals surface area contributed by atoms with E-state index in [-0.39, 0.29) is 17.5 Å². The Morgan fingerprint density at radius 3 is 2.51 bits per heavy atom. The van der Waals surface area contributed by atoms with Crippen LogP contribution in [0.25, 0.3) is 0 Å². The van der Waals surface area contributed by atoms with Crippen molar-refractivity contribution in [2.24, 2.45) is 11.0 Å². The summed E-state index contributed by atoms with van der Waals surface area (Å²) in [5, 5.41) is 7.50. The topological polar surface area (TPSA) is 98.2 Å². The normalized spacial score (nSPS) is 12.5. The van der Waals surface area contributed by atoms with Crippen molar-refractivity contribution in [2.45, 2.75) is 39.3 Å². The standard InChI is InChI=1S/C26H28Cl2IN3O5/c1-6-9-36-24-20(29)11-17(12-23(24)35-5)14-30-32-26(34)21(10-15(2)3)31-25(33)16(4)37-22-8-7-18(27)13-19(22)28/h1,7-8,11-16,21H,9-10H2,2-5H3,(H,31,33)(H,32,34)/b30-14-/t16-,21+/m0/s1. The zero-order chi connectivity index (χ0) is 27.5. The van der Waals surface area contributed by atoms with Gasteiger partial charge in [-0.3, -0.25) is 9.59 Å². The first-order valence-electron chi connectivity index (χ1n) is 11.2. The van der Waals surface area contributed by atoms with E-state index in [4.69, 9.17) is 43.8 Å². The second-order valence-electron chi connectivity index (χ2n) is 8.29. The molecule has 37 heavy (non-hydrogen) atoms. The molecule has 11 heteroatoms. The van der Waals surface area contributed by atoms with E-state index < -0.39 is 24.0 Å². The molecule has 0 aliphatic carbocycles. The van der Waals surface area contributed by atoms with E-state index in [1.165, 1.54) is 19.4 Å². The Morgan fingerprint density at radius 1 is 1.16 bits per heavy atom. The van der Waals surface area contributed by atoms with Crippen molar-refractivity contribution in [3.63, 3.8) is 0 Å². The number of halogens is 3. The van der Waals surface area contributed by atoms with Crippen molar-refractivity contribution in [2.75, 3.05) is 13.7 Å². The number of carbonyl (C=O) groups is 2. The molecule has 0 aliphatic rings. The van der Waals surface area contributed by atoms with E-state index in [9.17, 15) is 9.59 Å². The summed E-state index contributed by atoms with van der Waals surface area (Å²) < 4.78 is 17.3. The van der Waals surface area contributed by atoms with E-state index >= 15 is 0 Å². The van der Waals surface area contributed by atoms with Crippen molar-refractivity contribution < 1.29 is 23.8 Å². The van der Waals surface area contributed by atoms with Gasteiger partial charge in [0.2, 0.25) is 0 Å². The number of benzene rings is 2. The third-order valence-electron chi connectivity index (χ3n) is 4.85. The maximum absolute atomic E-state index is 12.9. The van der Waals surface area contributed by atoms with E-state index in [1.807, 2.05) is 13.8 Å². The van der Waals surface area contributed by atoms with Crippen LogP contribution in [0.1, 0.15) is 32.8 Å². The summed E-state index contributed by atoms with van der Waals surface area (Å²) in [4.78, 5) is 25.6. The molecule has 0 aliphatic heterocycles. The molecule has 198 valence electrons. The molecule has 8 nitrogen and oxygen atoms in total. The van der Waals surface area contributed by atoms with Crippen molar-refractivity contribution >= 4 is 63.8 Å².